The predicted molar refractivity (Wildman–Crippen MR) is 67.6 cm³/mol. The first-order valence-electron chi connectivity index (χ1n) is 5.75. The average molecular weight is 251 g/mol. The first-order chi connectivity index (χ1) is 8.22. The first kappa shape index (κ1) is 12.5. The van der Waals surface area contributed by atoms with Crippen LogP contribution < -0.4 is 5.73 Å². The van der Waals surface area contributed by atoms with E-state index in [0.717, 1.165) is 6.54 Å². The second-order valence-corrected chi connectivity index (χ2v) is 5.12. The highest BCUT2D eigenvalue weighted by molar-refractivity contribution is 7.07. The van der Waals surface area contributed by atoms with Crippen LogP contribution in [0.1, 0.15) is 18.5 Å². The Labute approximate surface area is 106 Å². The lowest BCUT2D eigenvalue weighted by Gasteiger charge is -2.38. The van der Waals surface area contributed by atoms with Crippen molar-refractivity contribution in [1.82, 2.24) is 4.90 Å². The normalized spacial score (nSPS) is 25.1. The minimum Gasteiger partial charge on any atom is -0.361 e. The highest BCUT2D eigenvalue weighted by atomic mass is 32.1. The van der Waals surface area contributed by atoms with Gasteiger partial charge < -0.3 is 10.5 Å². The van der Waals surface area contributed by atoms with Gasteiger partial charge in [-0.3, -0.25) is 4.90 Å². The lowest BCUT2D eigenvalue weighted by molar-refractivity contribution is -0.0209. The molecule has 3 unspecified atom stereocenters. The molecule has 17 heavy (non-hydrogen) atoms. The van der Waals surface area contributed by atoms with Crippen molar-refractivity contribution in [3.8, 4) is 6.07 Å². The Hall–Kier alpha value is -0.930. The lowest BCUT2D eigenvalue weighted by atomic mass is 10.0. The van der Waals surface area contributed by atoms with Crippen LogP contribution in [0.2, 0.25) is 0 Å². The molecule has 0 radical (unpaired) electrons. The van der Waals surface area contributed by atoms with E-state index in [1.165, 1.54) is 5.56 Å². The summed E-state index contributed by atoms with van der Waals surface area (Å²) >= 11 is 1.68. The molecule has 2 heterocycles. The van der Waals surface area contributed by atoms with Gasteiger partial charge in [0.1, 0.15) is 0 Å². The number of ether oxygens (including phenoxy) is 1. The Morgan fingerprint density at radius 1 is 1.71 bits per heavy atom. The Bertz CT molecular complexity index is 385. The molecular weight excluding hydrogens is 234 g/mol. The van der Waals surface area contributed by atoms with E-state index in [-0.39, 0.29) is 18.2 Å². The molecule has 1 fully saturated rings. The molecule has 0 spiro atoms. The van der Waals surface area contributed by atoms with Crippen molar-refractivity contribution in [2.45, 2.75) is 25.1 Å². The highest BCUT2D eigenvalue weighted by Crippen LogP contribution is 2.27. The van der Waals surface area contributed by atoms with Crippen molar-refractivity contribution in [3.63, 3.8) is 0 Å². The molecule has 0 bridgehead atoms. The van der Waals surface area contributed by atoms with Gasteiger partial charge in [-0.25, -0.2) is 0 Å². The van der Waals surface area contributed by atoms with Crippen LogP contribution >= 0.6 is 11.3 Å². The van der Waals surface area contributed by atoms with Crippen LogP contribution in [0.5, 0.6) is 0 Å². The van der Waals surface area contributed by atoms with Crippen molar-refractivity contribution >= 4 is 11.3 Å². The van der Waals surface area contributed by atoms with Crippen LogP contribution in [0.4, 0.5) is 0 Å². The number of rotatable bonds is 3. The van der Waals surface area contributed by atoms with E-state index in [1.807, 2.05) is 6.92 Å². The molecule has 1 aliphatic rings. The topological polar surface area (TPSA) is 62.3 Å². The first-order valence-corrected chi connectivity index (χ1v) is 6.69. The van der Waals surface area contributed by atoms with Crippen molar-refractivity contribution in [2.24, 2.45) is 5.73 Å². The molecule has 0 aromatic carbocycles. The number of hydrogen-bond donors (Lipinski definition) is 1. The Morgan fingerprint density at radius 2 is 2.53 bits per heavy atom. The highest BCUT2D eigenvalue weighted by Gasteiger charge is 2.29. The van der Waals surface area contributed by atoms with Crippen molar-refractivity contribution < 1.29 is 4.74 Å². The fourth-order valence-corrected chi connectivity index (χ4v) is 2.98. The van der Waals surface area contributed by atoms with Crippen molar-refractivity contribution in [2.75, 3.05) is 19.7 Å². The molecular formula is C12H17N3OS. The Balaban J connectivity index is 2.14. The third-order valence-electron chi connectivity index (χ3n) is 3.02. The van der Waals surface area contributed by atoms with Crippen LogP contribution in [-0.2, 0) is 4.74 Å². The van der Waals surface area contributed by atoms with Gasteiger partial charge in [-0.1, -0.05) is 0 Å². The number of morpholine rings is 1. The quantitative estimate of drug-likeness (QED) is 0.881. The molecule has 0 amide bonds. The molecule has 1 saturated heterocycles. The van der Waals surface area contributed by atoms with E-state index >= 15 is 0 Å². The molecule has 1 aliphatic heterocycles. The molecule has 0 aliphatic carbocycles. The lowest BCUT2D eigenvalue weighted by Crippen LogP contribution is -2.48. The molecule has 3 atom stereocenters. The number of nitrogens with two attached hydrogens (primary N) is 1. The van der Waals surface area contributed by atoms with E-state index in [0.29, 0.717) is 13.2 Å². The summed E-state index contributed by atoms with van der Waals surface area (Å²) < 4.78 is 5.36. The Kier molecular flexibility index (Phi) is 4.13. The van der Waals surface area contributed by atoms with Gasteiger partial charge in [-0.05, 0) is 29.3 Å². The average Bonchev–Trinajstić information content (AvgIpc) is 2.83. The summed E-state index contributed by atoms with van der Waals surface area (Å²) in [5, 5.41) is 13.1. The largest absolute Gasteiger partial charge is 0.361 e. The smallest absolute Gasteiger partial charge is 0.156 e. The minimum absolute atomic E-state index is 0.0436. The number of nitrogens with zero attached hydrogens (tertiary/aromatic N) is 2. The zero-order chi connectivity index (χ0) is 12.3. The summed E-state index contributed by atoms with van der Waals surface area (Å²) in [6.45, 7) is 4.09. The second-order valence-electron chi connectivity index (χ2n) is 4.34. The van der Waals surface area contributed by atoms with E-state index in [4.69, 9.17) is 15.7 Å². The van der Waals surface area contributed by atoms with Gasteiger partial charge in [0, 0.05) is 19.1 Å². The minimum atomic E-state index is -0.330. The monoisotopic (exact) mass is 251 g/mol. The van der Waals surface area contributed by atoms with E-state index < -0.39 is 0 Å². The molecule has 92 valence electrons. The molecule has 4 nitrogen and oxygen atoms in total. The summed E-state index contributed by atoms with van der Waals surface area (Å²) in [5.41, 5.74) is 7.32. The van der Waals surface area contributed by atoms with Gasteiger partial charge in [0.05, 0.1) is 18.7 Å². The second kappa shape index (κ2) is 5.61. The standard InChI is InChI=1S/C12H17N3OS/c1-9(14)12(10-2-5-17-8-10)15-3-4-16-11(6-13)7-15/h2,5,8-9,11-12H,3-4,7,14H2,1H3. The zero-order valence-corrected chi connectivity index (χ0v) is 10.7. The van der Waals surface area contributed by atoms with E-state index in [2.05, 4.69) is 27.8 Å². The summed E-state index contributed by atoms with van der Waals surface area (Å²) in [6.07, 6.45) is -0.330. The molecule has 1 aromatic heterocycles. The van der Waals surface area contributed by atoms with E-state index in [9.17, 15) is 0 Å². The summed E-state index contributed by atoms with van der Waals surface area (Å²) in [4.78, 5) is 2.25. The van der Waals surface area contributed by atoms with Gasteiger partial charge in [-0.15, -0.1) is 0 Å². The SMILES string of the molecule is CC(N)C(c1ccsc1)N1CCOC(C#N)C1. The zero-order valence-electron chi connectivity index (χ0n) is 9.87. The van der Waals surface area contributed by atoms with Crippen molar-refractivity contribution in [3.05, 3.63) is 22.4 Å². The van der Waals surface area contributed by atoms with Crippen LogP contribution in [0.15, 0.2) is 16.8 Å². The maximum Gasteiger partial charge on any atom is 0.156 e. The fraction of sp³-hybridized carbons (Fsp3) is 0.583. The van der Waals surface area contributed by atoms with Crippen molar-refractivity contribution in [1.29, 1.82) is 5.26 Å². The summed E-state index contributed by atoms with van der Waals surface area (Å²) in [5.74, 6) is 0. The van der Waals surface area contributed by atoms with Crippen LogP contribution in [0.25, 0.3) is 0 Å². The van der Waals surface area contributed by atoms with Crippen LogP contribution in [0.3, 0.4) is 0 Å². The molecule has 1 aromatic rings. The van der Waals surface area contributed by atoms with E-state index in [1.54, 1.807) is 11.3 Å². The van der Waals surface area contributed by atoms with Gasteiger partial charge in [0.25, 0.3) is 0 Å². The maximum atomic E-state index is 8.93. The maximum absolute atomic E-state index is 8.93. The summed E-state index contributed by atoms with van der Waals surface area (Å²) in [6, 6.07) is 4.50. The van der Waals surface area contributed by atoms with Crippen LogP contribution in [-0.4, -0.2) is 36.7 Å². The molecule has 2 rings (SSSR count). The third kappa shape index (κ3) is 2.85. The summed E-state index contributed by atoms with van der Waals surface area (Å²) in [7, 11) is 0. The fourth-order valence-electron chi connectivity index (χ4n) is 2.29. The number of hydrogen-bond acceptors (Lipinski definition) is 5. The molecule has 5 heteroatoms. The van der Waals surface area contributed by atoms with Gasteiger partial charge >= 0.3 is 0 Å². The Morgan fingerprint density at radius 3 is 3.12 bits per heavy atom. The van der Waals surface area contributed by atoms with Gasteiger partial charge in [0.15, 0.2) is 6.10 Å². The predicted octanol–water partition coefficient (Wildman–Crippen LogP) is 1.36. The van der Waals surface area contributed by atoms with Crippen LogP contribution in [0, 0.1) is 11.3 Å². The molecule has 2 N–H and O–H groups in total. The number of thiophene rings is 1. The van der Waals surface area contributed by atoms with Gasteiger partial charge in [0.2, 0.25) is 0 Å². The number of nitriles is 1. The van der Waals surface area contributed by atoms with Gasteiger partial charge in [-0.2, -0.15) is 16.6 Å². The third-order valence-corrected chi connectivity index (χ3v) is 3.72. The molecule has 0 saturated carbocycles.